The van der Waals surface area contributed by atoms with Crippen molar-refractivity contribution in [2.24, 2.45) is 0 Å². The maximum Gasteiger partial charge on any atom is 0.234 e. The lowest BCUT2D eigenvalue weighted by Gasteiger charge is -2.05. The van der Waals surface area contributed by atoms with Crippen molar-refractivity contribution in [1.82, 2.24) is 10.2 Å². The van der Waals surface area contributed by atoms with Crippen LogP contribution < -0.4 is 5.32 Å². The van der Waals surface area contributed by atoms with Crippen LogP contribution in [0.5, 0.6) is 0 Å². The van der Waals surface area contributed by atoms with Crippen LogP contribution in [0.4, 0.5) is 5.69 Å². The van der Waals surface area contributed by atoms with Gasteiger partial charge in [-0.25, -0.2) is 0 Å². The number of nitrogens with one attached hydrogen (secondary N) is 1. The predicted octanol–water partition coefficient (Wildman–Crippen LogP) is 4.23. The molecule has 0 aliphatic rings. The van der Waals surface area contributed by atoms with E-state index in [1.54, 1.807) is 12.3 Å². The van der Waals surface area contributed by atoms with Crippen LogP contribution in [-0.2, 0) is 4.79 Å². The average molecular weight is 390 g/mol. The highest BCUT2D eigenvalue weighted by molar-refractivity contribution is 9.10. The molecule has 1 aromatic carbocycles. The number of hydrogen-bond donors (Lipinski definition) is 1. The van der Waals surface area contributed by atoms with Crippen LogP contribution in [0.25, 0.3) is 11.5 Å². The molecule has 0 fully saturated rings. The third kappa shape index (κ3) is 4.43. The summed E-state index contributed by atoms with van der Waals surface area (Å²) in [5.74, 6) is 0.849. The van der Waals surface area contributed by atoms with Gasteiger partial charge in [-0.1, -0.05) is 27.7 Å². The Labute approximate surface area is 145 Å². The molecule has 3 rings (SSSR count). The van der Waals surface area contributed by atoms with Crippen LogP contribution in [0.15, 0.2) is 68.7 Å². The monoisotopic (exact) mass is 389 g/mol. The molecule has 2 aromatic heterocycles. The highest BCUT2D eigenvalue weighted by Crippen LogP contribution is 2.20. The second kappa shape index (κ2) is 7.43. The number of carbonyl (C=O) groups excluding carboxylic acids is 1. The summed E-state index contributed by atoms with van der Waals surface area (Å²) in [4.78, 5) is 11.9. The van der Waals surface area contributed by atoms with E-state index in [1.807, 2.05) is 42.5 Å². The van der Waals surface area contributed by atoms with Crippen LogP contribution >= 0.6 is 27.7 Å². The third-order valence-electron chi connectivity index (χ3n) is 2.89. The summed E-state index contributed by atoms with van der Waals surface area (Å²) in [7, 11) is 0. The van der Waals surface area contributed by atoms with Gasteiger partial charge in [0.1, 0.15) is 10.7 Å². The Hall–Kier alpha value is -2.12. The van der Waals surface area contributed by atoms with Gasteiger partial charge in [-0.05, 0) is 48.5 Å². The minimum absolute atomic E-state index is 0.0887. The number of aromatic nitrogens is 2. The molecule has 0 saturated carbocycles. The number of amides is 1. The number of carbonyl (C=O) groups is 1. The van der Waals surface area contributed by atoms with E-state index in [-0.39, 0.29) is 11.7 Å². The van der Waals surface area contributed by atoms with Crippen LogP contribution in [0, 0.1) is 0 Å². The summed E-state index contributed by atoms with van der Waals surface area (Å²) in [6.07, 6.45) is 1.59. The van der Waals surface area contributed by atoms with Gasteiger partial charge in [0.15, 0.2) is 5.76 Å². The Balaban J connectivity index is 1.53. The zero-order chi connectivity index (χ0) is 16.1. The summed E-state index contributed by atoms with van der Waals surface area (Å²) >= 11 is 4.69. The zero-order valence-electron chi connectivity index (χ0n) is 11.9. The molecule has 0 atom stereocenters. The molecule has 0 spiro atoms. The molecule has 0 saturated heterocycles. The number of anilines is 1. The van der Waals surface area contributed by atoms with Crippen molar-refractivity contribution in [3.05, 3.63) is 59.3 Å². The molecule has 0 bridgehead atoms. The number of hydrogen-bond acceptors (Lipinski definition) is 5. The van der Waals surface area contributed by atoms with Crippen molar-refractivity contribution < 1.29 is 9.21 Å². The predicted molar refractivity (Wildman–Crippen MR) is 93.2 cm³/mol. The second-order valence-corrected chi connectivity index (χ2v) is 6.49. The standard InChI is InChI=1S/C16H12BrN3O2S/c17-11-3-5-12(6-4-11)18-15(21)10-23-16-8-7-13(19-20-16)14-2-1-9-22-14/h1-9H,10H2,(H,18,21). The molecular weight excluding hydrogens is 378 g/mol. The SMILES string of the molecule is O=C(CSc1ccc(-c2ccco2)nn1)Nc1ccc(Br)cc1. The molecular formula is C16H12BrN3O2S. The fourth-order valence-electron chi connectivity index (χ4n) is 1.82. The molecule has 2 heterocycles. The first-order chi connectivity index (χ1) is 11.2. The quantitative estimate of drug-likeness (QED) is 0.661. The molecule has 5 nitrogen and oxygen atoms in total. The molecule has 23 heavy (non-hydrogen) atoms. The van der Waals surface area contributed by atoms with Gasteiger partial charge in [0.2, 0.25) is 5.91 Å². The molecule has 1 N–H and O–H groups in total. The Morgan fingerprint density at radius 2 is 1.96 bits per heavy atom. The highest BCUT2D eigenvalue weighted by atomic mass is 79.9. The molecule has 0 unspecified atom stereocenters. The van der Waals surface area contributed by atoms with Crippen LogP contribution in [0.3, 0.4) is 0 Å². The summed E-state index contributed by atoms with van der Waals surface area (Å²) in [5, 5.41) is 11.7. The van der Waals surface area contributed by atoms with E-state index in [1.165, 1.54) is 11.8 Å². The Kier molecular flexibility index (Phi) is 5.09. The van der Waals surface area contributed by atoms with E-state index in [0.717, 1.165) is 10.2 Å². The molecule has 1 amide bonds. The smallest absolute Gasteiger partial charge is 0.234 e. The zero-order valence-corrected chi connectivity index (χ0v) is 14.3. The van der Waals surface area contributed by atoms with Crippen molar-refractivity contribution in [3.63, 3.8) is 0 Å². The van der Waals surface area contributed by atoms with E-state index >= 15 is 0 Å². The van der Waals surface area contributed by atoms with Crippen molar-refractivity contribution in [2.45, 2.75) is 5.03 Å². The van der Waals surface area contributed by atoms with Gasteiger partial charge in [0.25, 0.3) is 0 Å². The second-order valence-electron chi connectivity index (χ2n) is 4.58. The van der Waals surface area contributed by atoms with Gasteiger partial charge < -0.3 is 9.73 Å². The summed E-state index contributed by atoms with van der Waals surface area (Å²) in [5.41, 5.74) is 1.43. The maximum absolute atomic E-state index is 11.9. The van der Waals surface area contributed by atoms with Crippen LogP contribution in [-0.4, -0.2) is 21.9 Å². The van der Waals surface area contributed by atoms with E-state index < -0.39 is 0 Å². The van der Waals surface area contributed by atoms with E-state index in [0.29, 0.717) is 16.5 Å². The van der Waals surface area contributed by atoms with Crippen molar-refractivity contribution in [3.8, 4) is 11.5 Å². The normalized spacial score (nSPS) is 10.5. The van der Waals surface area contributed by atoms with Gasteiger partial charge in [-0.3, -0.25) is 4.79 Å². The van der Waals surface area contributed by atoms with Gasteiger partial charge in [0.05, 0.1) is 12.0 Å². The Morgan fingerprint density at radius 1 is 1.13 bits per heavy atom. The summed E-state index contributed by atoms with van der Waals surface area (Å²) in [6.45, 7) is 0. The third-order valence-corrected chi connectivity index (χ3v) is 4.34. The number of thioether (sulfide) groups is 1. The minimum Gasteiger partial charge on any atom is -0.463 e. The summed E-state index contributed by atoms with van der Waals surface area (Å²) < 4.78 is 6.22. The van der Waals surface area contributed by atoms with Gasteiger partial charge >= 0.3 is 0 Å². The maximum atomic E-state index is 11.9. The lowest BCUT2D eigenvalue weighted by atomic mass is 10.3. The van der Waals surface area contributed by atoms with Crippen LogP contribution in [0.1, 0.15) is 0 Å². The van der Waals surface area contributed by atoms with Crippen molar-refractivity contribution >= 4 is 39.3 Å². The van der Waals surface area contributed by atoms with Gasteiger partial charge in [-0.15, -0.1) is 10.2 Å². The van der Waals surface area contributed by atoms with Gasteiger partial charge in [0, 0.05) is 10.2 Å². The van der Waals surface area contributed by atoms with E-state index in [9.17, 15) is 4.79 Å². The van der Waals surface area contributed by atoms with Crippen LogP contribution in [0.2, 0.25) is 0 Å². The summed E-state index contributed by atoms with van der Waals surface area (Å²) in [6, 6.07) is 14.7. The first-order valence-electron chi connectivity index (χ1n) is 6.76. The molecule has 3 aromatic rings. The van der Waals surface area contributed by atoms with Crippen molar-refractivity contribution in [1.29, 1.82) is 0 Å². The van der Waals surface area contributed by atoms with Crippen molar-refractivity contribution in [2.75, 3.05) is 11.1 Å². The largest absolute Gasteiger partial charge is 0.463 e. The first kappa shape index (κ1) is 15.8. The molecule has 116 valence electrons. The molecule has 7 heteroatoms. The topological polar surface area (TPSA) is 68.0 Å². The minimum atomic E-state index is -0.0887. The lowest BCUT2D eigenvalue weighted by molar-refractivity contribution is -0.113. The number of nitrogens with zero attached hydrogens (tertiary/aromatic N) is 2. The lowest BCUT2D eigenvalue weighted by Crippen LogP contribution is -2.14. The fourth-order valence-corrected chi connectivity index (χ4v) is 2.70. The fraction of sp³-hybridized carbons (Fsp3) is 0.0625. The number of benzene rings is 1. The van der Waals surface area contributed by atoms with Gasteiger partial charge in [-0.2, -0.15) is 0 Å². The first-order valence-corrected chi connectivity index (χ1v) is 8.54. The number of furan rings is 1. The average Bonchev–Trinajstić information content (AvgIpc) is 3.10. The molecule has 0 aliphatic carbocycles. The van der Waals surface area contributed by atoms with E-state index in [2.05, 4.69) is 31.4 Å². The number of rotatable bonds is 5. The Bertz CT molecular complexity index is 774. The Morgan fingerprint density at radius 3 is 2.61 bits per heavy atom. The highest BCUT2D eigenvalue weighted by Gasteiger charge is 2.07. The number of halogens is 1. The molecule has 0 radical (unpaired) electrons. The molecule has 0 aliphatic heterocycles. The van der Waals surface area contributed by atoms with E-state index in [4.69, 9.17) is 4.42 Å².